The highest BCUT2D eigenvalue weighted by Crippen LogP contribution is 2.21. The van der Waals surface area contributed by atoms with E-state index in [2.05, 4.69) is 38.3 Å². The molecule has 2 atom stereocenters. The lowest BCUT2D eigenvalue weighted by molar-refractivity contribution is 0.265. The summed E-state index contributed by atoms with van der Waals surface area (Å²) in [6.07, 6.45) is 0.0320. The Balaban J connectivity index is 2.01. The molecule has 1 N–H and O–H groups in total. The van der Waals surface area contributed by atoms with Crippen molar-refractivity contribution in [3.63, 3.8) is 0 Å². The van der Waals surface area contributed by atoms with Gasteiger partial charge in [0.25, 0.3) is 0 Å². The zero-order valence-corrected chi connectivity index (χ0v) is 11.6. The Hall–Kier alpha value is -0.450. The number of benzene rings is 1. The van der Waals surface area contributed by atoms with Gasteiger partial charge in [-0.05, 0) is 31.2 Å². The van der Waals surface area contributed by atoms with E-state index in [1.165, 1.54) is 5.56 Å². The number of alkyl halides is 1. The molecule has 2 rings (SSSR count). The van der Waals surface area contributed by atoms with Crippen molar-refractivity contribution in [2.45, 2.75) is 18.6 Å². The zero-order chi connectivity index (χ0) is 12.3. The number of rotatable bonds is 4. The van der Waals surface area contributed by atoms with Crippen LogP contribution in [0.1, 0.15) is 18.0 Å². The van der Waals surface area contributed by atoms with Crippen molar-refractivity contribution >= 4 is 15.9 Å². The van der Waals surface area contributed by atoms with Gasteiger partial charge in [0.15, 0.2) is 0 Å². The van der Waals surface area contributed by atoms with Gasteiger partial charge in [-0.25, -0.2) is 4.39 Å². The van der Waals surface area contributed by atoms with Crippen LogP contribution < -0.4 is 5.32 Å². The average molecular weight is 301 g/mol. The highest BCUT2D eigenvalue weighted by atomic mass is 79.9. The fourth-order valence-electron chi connectivity index (χ4n) is 2.30. The molecule has 94 valence electrons. The van der Waals surface area contributed by atoms with Crippen LogP contribution in [0.2, 0.25) is 0 Å². The smallest absolute Gasteiger partial charge is 0.114 e. The SMILES string of the molecule is CNC(CN1CC[C@H](F)C1)c1cccc(Br)c1. The Kier molecular flexibility index (Phi) is 4.54. The van der Waals surface area contributed by atoms with Crippen LogP contribution in [0.4, 0.5) is 4.39 Å². The van der Waals surface area contributed by atoms with Gasteiger partial charge >= 0.3 is 0 Å². The minimum atomic E-state index is -0.644. The number of hydrogen-bond acceptors (Lipinski definition) is 2. The van der Waals surface area contributed by atoms with Crippen LogP contribution in [0.3, 0.4) is 0 Å². The average Bonchev–Trinajstić information content (AvgIpc) is 2.72. The summed E-state index contributed by atoms with van der Waals surface area (Å²) in [5.74, 6) is 0. The minimum Gasteiger partial charge on any atom is -0.312 e. The first-order valence-electron chi connectivity index (χ1n) is 5.98. The molecular weight excluding hydrogens is 283 g/mol. The molecule has 0 aliphatic carbocycles. The highest BCUT2D eigenvalue weighted by Gasteiger charge is 2.24. The van der Waals surface area contributed by atoms with Crippen LogP contribution in [0.15, 0.2) is 28.7 Å². The molecule has 4 heteroatoms. The second-order valence-corrected chi connectivity index (χ2v) is 5.46. The Bertz CT molecular complexity index is 372. The molecule has 1 fully saturated rings. The van der Waals surface area contributed by atoms with Crippen molar-refractivity contribution in [2.75, 3.05) is 26.7 Å². The van der Waals surface area contributed by atoms with E-state index in [0.717, 1.165) is 17.6 Å². The van der Waals surface area contributed by atoms with Crippen LogP contribution >= 0.6 is 15.9 Å². The lowest BCUT2D eigenvalue weighted by Crippen LogP contribution is -2.32. The second-order valence-electron chi connectivity index (χ2n) is 4.54. The molecule has 1 aliphatic rings. The van der Waals surface area contributed by atoms with Crippen LogP contribution in [0, 0.1) is 0 Å². The third kappa shape index (κ3) is 3.50. The molecule has 0 spiro atoms. The number of likely N-dealkylation sites (tertiary alicyclic amines) is 1. The molecule has 1 aliphatic heterocycles. The van der Waals surface area contributed by atoms with Gasteiger partial charge in [0.2, 0.25) is 0 Å². The molecule has 1 aromatic rings. The second kappa shape index (κ2) is 5.94. The van der Waals surface area contributed by atoms with Crippen molar-refractivity contribution in [3.8, 4) is 0 Å². The van der Waals surface area contributed by atoms with Crippen molar-refractivity contribution < 1.29 is 4.39 Å². The molecule has 17 heavy (non-hydrogen) atoms. The van der Waals surface area contributed by atoms with Crippen molar-refractivity contribution in [1.29, 1.82) is 0 Å². The normalized spacial score (nSPS) is 22.9. The van der Waals surface area contributed by atoms with Crippen LogP contribution in [-0.2, 0) is 0 Å². The van der Waals surface area contributed by atoms with Crippen LogP contribution in [0.5, 0.6) is 0 Å². The third-order valence-electron chi connectivity index (χ3n) is 3.26. The molecule has 2 nitrogen and oxygen atoms in total. The maximum Gasteiger partial charge on any atom is 0.114 e. The minimum absolute atomic E-state index is 0.262. The number of nitrogens with zero attached hydrogens (tertiary/aromatic N) is 1. The first kappa shape index (κ1) is 13.0. The van der Waals surface area contributed by atoms with E-state index < -0.39 is 6.17 Å². The Labute approximate surface area is 110 Å². The maximum atomic E-state index is 13.1. The topological polar surface area (TPSA) is 15.3 Å². The summed E-state index contributed by atoms with van der Waals surface area (Å²) in [6, 6.07) is 8.53. The number of halogens is 2. The summed E-state index contributed by atoms with van der Waals surface area (Å²) in [5, 5.41) is 3.30. The molecule has 1 heterocycles. The predicted octanol–water partition coefficient (Wildman–Crippen LogP) is 2.75. The van der Waals surface area contributed by atoms with Gasteiger partial charge in [-0.1, -0.05) is 28.1 Å². The van der Waals surface area contributed by atoms with Crippen molar-refractivity contribution in [2.24, 2.45) is 0 Å². The third-order valence-corrected chi connectivity index (χ3v) is 3.75. The Morgan fingerprint density at radius 1 is 1.59 bits per heavy atom. The van der Waals surface area contributed by atoms with Gasteiger partial charge in [0.05, 0.1) is 0 Å². The predicted molar refractivity (Wildman–Crippen MR) is 71.9 cm³/mol. The summed E-state index contributed by atoms with van der Waals surface area (Å²) in [6.45, 7) is 2.31. The van der Waals surface area contributed by atoms with Crippen molar-refractivity contribution in [3.05, 3.63) is 34.3 Å². The molecule has 1 unspecified atom stereocenters. The van der Waals surface area contributed by atoms with Gasteiger partial charge in [0, 0.05) is 30.1 Å². The van der Waals surface area contributed by atoms with Crippen LogP contribution in [-0.4, -0.2) is 37.8 Å². The molecule has 0 amide bonds. The number of hydrogen-bond donors (Lipinski definition) is 1. The van der Waals surface area contributed by atoms with Crippen LogP contribution in [0.25, 0.3) is 0 Å². The first-order chi connectivity index (χ1) is 8.19. The Morgan fingerprint density at radius 3 is 3.00 bits per heavy atom. The van der Waals surface area contributed by atoms with Gasteiger partial charge < -0.3 is 5.32 Å². The van der Waals surface area contributed by atoms with E-state index in [-0.39, 0.29) is 6.04 Å². The van der Waals surface area contributed by atoms with E-state index >= 15 is 0 Å². The van der Waals surface area contributed by atoms with E-state index in [1.807, 2.05) is 19.2 Å². The first-order valence-corrected chi connectivity index (χ1v) is 6.77. The summed E-state index contributed by atoms with van der Waals surface area (Å²) < 4.78 is 14.2. The largest absolute Gasteiger partial charge is 0.312 e. The Morgan fingerprint density at radius 2 is 2.41 bits per heavy atom. The summed E-state index contributed by atoms with van der Waals surface area (Å²) >= 11 is 3.48. The fourth-order valence-corrected chi connectivity index (χ4v) is 2.71. The number of likely N-dealkylation sites (N-methyl/N-ethyl adjacent to an activating group) is 1. The van der Waals surface area contributed by atoms with Gasteiger partial charge in [-0.2, -0.15) is 0 Å². The number of nitrogens with one attached hydrogen (secondary N) is 1. The summed E-state index contributed by atoms with van der Waals surface area (Å²) in [7, 11) is 1.95. The molecular formula is C13H18BrFN2. The van der Waals surface area contributed by atoms with Gasteiger partial charge in [-0.3, -0.25) is 4.90 Å². The molecule has 1 aromatic carbocycles. The molecule has 0 bridgehead atoms. The summed E-state index contributed by atoms with van der Waals surface area (Å²) in [5.41, 5.74) is 1.24. The van der Waals surface area contributed by atoms with E-state index in [1.54, 1.807) is 0 Å². The lowest BCUT2D eigenvalue weighted by atomic mass is 10.1. The van der Waals surface area contributed by atoms with E-state index in [9.17, 15) is 4.39 Å². The maximum absolute atomic E-state index is 13.1. The lowest BCUT2D eigenvalue weighted by Gasteiger charge is -2.23. The summed E-state index contributed by atoms with van der Waals surface area (Å²) in [4.78, 5) is 2.19. The fraction of sp³-hybridized carbons (Fsp3) is 0.538. The molecule has 0 saturated carbocycles. The molecule has 1 saturated heterocycles. The standard InChI is InChI=1S/C13H18BrFN2/c1-16-13(9-17-6-5-12(15)8-17)10-3-2-4-11(14)7-10/h2-4,7,12-13,16H,5-6,8-9H2,1H3/t12-,13?/m0/s1. The van der Waals surface area contributed by atoms with E-state index in [4.69, 9.17) is 0 Å². The highest BCUT2D eigenvalue weighted by molar-refractivity contribution is 9.10. The van der Waals surface area contributed by atoms with E-state index in [0.29, 0.717) is 13.0 Å². The monoisotopic (exact) mass is 300 g/mol. The molecule has 0 radical (unpaired) electrons. The molecule has 0 aromatic heterocycles. The zero-order valence-electron chi connectivity index (χ0n) is 10.00. The quantitative estimate of drug-likeness (QED) is 0.920. The van der Waals surface area contributed by atoms with Gasteiger partial charge in [-0.15, -0.1) is 0 Å². The van der Waals surface area contributed by atoms with Gasteiger partial charge in [0.1, 0.15) is 6.17 Å². The van der Waals surface area contributed by atoms with Crippen molar-refractivity contribution in [1.82, 2.24) is 10.2 Å².